The number of aliphatic hydroxyl groups is 11. The molecule has 0 bridgehead atoms. The smallest absolute Gasteiger partial charge is 0.220 e. The number of amides is 1. The van der Waals surface area contributed by atoms with Crippen LogP contribution in [-0.4, -0.2) is 193 Å². The minimum Gasteiger partial charge on any atom is -0.394 e. The molecule has 3 aliphatic heterocycles. The van der Waals surface area contributed by atoms with E-state index in [2.05, 4.69) is 92.1 Å². The van der Waals surface area contributed by atoms with Crippen molar-refractivity contribution in [3.8, 4) is 0 Å². The van der Waals surface area contributed by atoms with E-state index in [1.165, 1.54) is 231 Å². The predicted molar refractivity (Wildman–Crippen MR) is 429 cm³/mol. The van der Waals surface area contributed by atoms with Crippen molar-refractivity contribution in [2.24, 2.45) is 0 Å². The van der Waals surface area contributed by atoms with Gasteiger partial charge in [0.25, 0.3) is 0 Å². The van der Waals surface area contributed by atoms with Crippen LogP contribution in [0.15, 0.2) is 72.9 Å². The Morgan fingerprint density at radius 1 is 0.346 bits per heavy atom. The maximum atomic E-state index is 13.5. The topological polar surface area (TPSA) is 307 Å². The first-order chi connectivity index (χ1) is 52.3. The van der Waals surface area contributed by atoms with Crippen LogP contribution in [0.4, 0.5) is 0 Å². The Hall–Kier alpha value is -2.77. The molecular formula is C88H159NO18. The zero-order valence-electron chi connectivity index (χ0n) is 67.1. The maximum Gasteiger partial charge on any atom is 0.220 e. The number of allylic oxidation sites excluding steroid dienone is 12. The van der Waals surface area contributed by atoms with Crippen LogP contribution in [0.1, 0.15) is 348 Å². The minimum atomic E-state index is -1.97. The molecule has 1 amide bonds. The van der Waals surface area contributed by atoms with Gasteiger partial charge in [0.1, 0.15) is 73.2 Å². The molecule has 17 atom stereocenters. The highest BCUT2D eigenvalue weighted by Gasteiger charge is 2.54. The summed E-state index contributed by atoms with van der Waals surface area (Å²) in [6, 6.07) is -0.890. The quantitative estimate of drug-likeness (QED) is 0.0199. The average Bonchev–Trinajstić information content (AvgIpc) is 0.781. The highest BCUT2D eigenvalue weighted by atomic mass is 16.8. The van der Waals surface area contributed by atoms with Crippen LogP contribution in [0.25, 0.3) is 0 Å². The average molecular weight is 1520 g/mol. The Bertz CT molecular complexity index is 2210. The highest BCUT2D eigenvalue weighted by molar-refractivity contribution is 5.76. The third-order valence-corrected chi connectivity index (χ3v) is 21.5. The molecule has 12 N–H and O–H groups in total. The molecule has 17 unspecified atom stereocenters. The van der Waals surface area contributed by atoms with E-state index in [1.54, 1.807) is 0 Å². The van der Waals surface area contributed by atoms with Crippen molar-refractivity contribution in [1.29, 1.82) is 0 Å². The summed E-state index contributed by atoms with van der Waals surface area (Å²) in [6.07, 6.45) is 62.9. The minimum absolute atomic E-state index is 0.237. The van der Waals surface area contributed by atoms with Crippen molar-refractivity contribution in [2.75, 3.05) is 26.4 Å². The van der Waals surface area contributed by atoms with E-state index in [4.69, 9.17) is 28.4 Å². The van der Waals surface area contributed by atoms with Gasteiger partial charge >= 0.3 is 0 Å². The van der Waals surface area contributed by atoms with Crippen LogP contribution in [0.2, 0.25) is 0 Å². The molecule has 0 radical (unpaired) electrons. The largest absolute Gasteiger partial charge is 0.394 e. The first-order valence-electron chi connectivity index (χ1n) is 43.7. The van der Waals surface area contributed by atoms with Gasteiger partial charge in [0, 0.05) is 6.42 Å². The summed E-state index contributed by atoms with van der Waals surface area (Å²) >= 11 is 0. The van der Waals surface area contributed by atoms with Crippen LogP contribution in [0, 0.1) is 0 Å². The van der Waals surface area contributed by atoms with Gasteiger partial charge in [-0.05, 0) is 64.2 Å². The van der Waals surface area contributed by atoms with Crippen molar-refractivity contribution in [3.05, 3.63) is 72.9 Å². The van der Waals surface area contributed by atoms with Gasteiger partial charge < -0.3 is 89.9 Å². The summed E-state index contributed by atoms with van der Waals surface area (Å²) in [5, 5.41) is 121. The van der Waals surface area contributed by atoms with Crippen molar-refractivity contribution in [2.45, 2.75) is 452 Å². The second kappa shape index (κ2) is 67.7. The fourth-order valence-corrected chi connectivity index (χ4v) is 14.6. The van der Waals surface area contributed by atoms with Gasteiger partial charge in [-0.15, -0.1) is 0 Å². The summed E-state index contributed by atoms with van der Waals surface area (Å²) in [4.78, 5) is 13.5. The number of aliphatic hydroxyl groups excluding tert-OH is 11. The van der Waals surface area contributed by atoms with Gasteiger partial charge in [-0.2, -0.15) is 0 Å². The predicted octanol–water partition coefficient (Wildman–Crippen LogP) is 16.0. The van der Waals surface area contributed by atoms with Gasteiger partial charge in [0.2, 0.25) is 5.91 Å². The summed E-state index contributed by atoms with van der Waals surface area (Å²) < 4.78 is 34.6. The Morgan fingerprint density at radius 3 is 1.01 bits per heavy atom. The van der Waals surface area contributed by atoms with Crippen LogP contribution >= 0.6 is 0 Å². The summed E-state index contributed by atoms with van der Waals surface area (Å²) in [7, 11) is 0. The van der Waals surface area contributed by atoms with Gasteiger partial charge in [0.15, 0.2) is 18.9 Å². The molecule has 19 nitrogen and oxygen atoms in total. The number of carbonyl (C=O) groups is 1. The molecule has 0 aromatic carbocycles. The molecule has 0 spiro atoms. The maximum absolute atomic E-state index is 13.5. The molecule has 3 rings (SSSR count). The number of ether oxygens (including phenoxy) is 6. The Morgan fingerprint density at radius 2 is 0.645 bits per heavy atom. The van der Waals surface area contributed by atoms with E-state index in [0.29, 0.717) is 12.8 Å². The molecule has 0 aromatic heterocycles. The monoisotopic (exact) mass is 1520 g/mol. The fraction of sp³-hybridized carbons (Fsp3) is 0.852. The zero-order valence-corrected chi connectivity index (χ0v) is 67.1. The standard InChI is InChI=1S/C88H159NO18/c1-3-5-7-9-11-13-15-17-19-21-23-25-27-28-29-30-31-32-33-34-35-36-37-38-39-40-41-42-44-46-48-50-52-54-56-58-60-62-64-66-76(94)89-71(72(93)65-63-61-59-57-55-53-51-49-47-45-43-26-24-22-20-18-16-14-12-10-8-6-4-2)70-102-86-82(100)79(97)84(74(68-91)104-86)107-88-83(101)80(98)85(75(69-92)105-88)106-87-81(99)78(96)77(95)73(67-90)103-87/h5,7,11,13,17,19,23,25,28-29,31-32,71-75,77-88,90-93,95-101H,3-4,6,8-10,12,14-16,18,20-22,24,26-27,30,33-70H2,1-2H3,(H,89,94)/b7-5-,13-11-,19-17-,25-23-,29-28-,32-31-. The number of nitrogens with one attached hydrogen (secondary N) is 1. The van der Waals surface area contributed by atoms with Crippen LogP contribution < -0.4 is 5.32 Å². The van der Waals surface area contributed by atoms with Gasteiger partial charge in [0.05, 0.1) is 38.6 Å². The van der Waals surface area contributed by atoms with Crippen molar-refractivity contribution in [1.82, 2.24) is 5.32 Å². The lowest BCUT2D eigenvalue weighted by atomic mass is 9.96. The molecule has 0 aliphatic carbocycles. The molecule has 0 saturated carbocycles. The third kappa shape index (κ3) is 46.9. The Labute approximate surface area is 648 Å². The van der Waals surface area contributed by atoms with Crippen LogP contribution in [-0.2, 0) is 33.2 Å². The summed E-state index contributed by atoms with van der Waals surface area (Å²) in [5.41, 5.74) is 0. The normalized spacial score (nSPS) is 25.9. The van der Waals surface area contributed by atoms with E-state index >= 15 is 0 Å². The number of rotatable bonds is 70. The fourth-order valence-electron chi connectivity index (χ4n) is 14.6. The molecule has 19 heteroatoms. The van der Waals surface area contributed by atoms with Gasteiger partial charge in [-0.1, -0.05) is 350 Å². The van der Waals surface area contributed by atoms with Crippen molar-refractivity contribution >= 4 is 5.91 Å². The summed E-state index contributed by atoms with van der Waals surface area (Å²) in [5.74, 6) is -0.237. The van der Waals surface area contributed by atoms with Crippen LogP contribution in [0.5, 0.6) is 0 Å². The molecular weight excluding hydrogens is 1360 g/mol. The highest BCUT2D eigenvalue weighted by Crippen LogP contribution is 2.34. The second-order valence-electron chi connectivity index (χ2n) is 31.0. The Balaban J connectivity index is 1.31. The zero-order chi connectivity index (χ0) is 77.4. The second-order valence-corrected chi connectivity index (χ2v) is 31.0. The first kappa shape index (κ1) is 98.4. The molecule has 3 saturated heterocycles. The lowest BCUT2D eigenvalue weighted by Crippen LogP contribution is -2.66. The van der Waals surface area contributed by atoms with Gasteiger partial charge in [-0.25, -0.2) is 0 Å². The van der Waals surface area contributed by atoms with Crippen molar-refractivity contribution in [3.63, 3.8) is 0 Å². The SMILES string of the molecule is CC/C=C\C/C=C\C/C=C\C/C=C\C/C=C\C/C=C\CCCCCCCCCCCCCCCCCCCCCCC(=O)NC(COC1OC(CO)C(OC2OC(CO)C(OC3OC(CO)C(O)C(O)C3O)C(O)C2O)C(O)C1O)C(O)CCCCCCCCCCCCCCCCCCCCCCCCC. The number of carbonyl (C=O) groups excluding carboxylic acids is 1. The van der Waals surface area contributed by atoms with E-state index in [0.717, 1.165) is 83.5 Å². The Kier molecular flexibility index (Phi) is 62.3. The molecule has 624 valence electrons. The lowest BCUT2D eigenvalue weighted by Gasteiger charge is -2.48. The van der Waals surface area contributed by atoms with E-state index in [-0.39, 0.29) is 18.9 Å². The van der Waals surface area contributed by atoms with Crippen LogP contribution in [0.3, 0.4) is 0 Å². The van der Waals surface area contributed by atoms with E-state index < -0.39 is 124 Å². The molecule has 3 heterocycles. The molecule has 3 aliphatic rings. The first-order valence-corrected chi connectivity index (χ1v) is 43.7. The lowest BCUT2D eigenvalue weighted by molar-refractivity contribution is -0.379. The molecule has 3 fully saturated rings. The number of unbranched alkanes of at least 4 members (excludes halogenated alkanes) is 42. The third-order valence-electron chi connectivity index (χ3n) is 21.5. The van der Waals surface area contributed by atoms with E-state index in [1.807, 2.05) is 0 Å². The molecule has 0 aromatic rings. The molecule has 107 heavy (non-hydrogen) atoms. The van der Waals surface area contributed by atoms with E-state index in [9.17, 15) is 61.0 Å². The number of hydrogen-bond donors (Lipinski definition) is 12. The van der Waals surface area contributed by atoms with Crippen molar-refractivity contribution < 1.29 is 89.4 Å². The number of hydrogen-bond acceptors (Lipinski definition) is 18. The van der Waals surface area contributed by atoms with Gasteiger partial charge in [-0.3, -0.25) is 4.79 Å². The summed E-state index contributed by atoms with van der Waals surface area (Å²) in [6.45, 7) is 1.74.